The van der Waals surface area contributed by atoms with E-state index in [-0.39, 0.29) is 17.7 Å². The number of benzene rings is 1. The Balaban J connectivity index is 0.00000190. The highest BCUT2D eigenvalue weighted by Gasteiger charge is 2.31. The minimum absolute atomic E-state index is 0.230. The Morgan fingerprint density at radius 1 is 1.25 bits per heavy atom. The maximum absolute atomic E-state index is 11.2. The topological polar surface area (TPSA) is 106 Å². The van der Waals surface area contributed by atoms with Gasteiger partial charge >= 0.3 is 0 Å². The summed E-state index contributed by atoms with van der Waals surface area (Å²) in [5.74, 6) is 6.47. The molecule has 0 spiro atoms. The Morgan fingerprint density at radius 3 is 2.43 bits per heavy atom. The zero-order valence-corrected chi connectivity index (χ0v) is 18.0. The Bertz CT molecular complexity index is 653. The lowest BCUT2D eigenvalue weighted by atomic mass is 9.74. The van der Waals surface area contributed by atoms with Gasteiger partial charge in [0.25, 0.3) is 0 Å². The van der Waals surface area contributed by atoms with E-state index in [0.717, 1.165) is 29.7 Å². The van der Waals surface area contributed by atoms with Crippen molar-refractivity contribution in [3.63, 3.8) is 0 Å². The molecule has 0 saturated carbocycles. The first-order chi connectivity index (χ1) is 13.5. The summed E-state index contributed by atoms with van der Waals surface area (Å²) in [6, 6.07) is 8.28. The number of amides is 1. The van der Waals surface area contributed by atoms with E-state index in [2.05, 4.69) is 60.7 Å². The van der Waals surface area contributed by atoms with E-state index in [0.29, 0.717) is 24.8 Å². The van der Waals surface area contributed by atoms with Crippen molar-refractivity contribution in [1.82, 2.24) is 5.43 Å². The molecule has 0 aliphatic carbocycles. The summed E-state index contributed by atoms with van der Waals surface area (Å²) >= 11 is 0. The molecular formula is C22H37N5O. The molecule has 0 fully saturated rings. The molecule has 1 aromatic carbocycles. The number of nitrogens with one attached hydrogen (secondary N) is 1. The largest absolute Gasteiger partial charge is 0.370 e. The van der Waals surface area contributed by atoms with Gasteiger partial charge < -0.3 is 5.73 Å². The van der Waals surface area contributed by atoms with Crippen molar-refractivity contribution in [1.29, 1.82) is 0 Å². The van der Waals surface area contributed by atoms with Crippen LogP contribution in [0.4, 0.5) is 0 Å². The monoisotopic (exact) mass is 387 g/mol. The molecule has 1 heterocycles. The van der Waals surface area contributed by atoms with E-state index in [1.807, 2.05) is 20.1 Å². The summed E-state index contributed by atoms with van der Waals surface area (Å²) in [5, 5.41) is 8.72. The van der Waals surface area contributed by atoms with Gasteiger partial charge in [0, 0.05) is 31.0 Å². The number of nitrogens with two attached hydrogens (primary N) is 2. The SMILES string of the molecule is CC.CCC(CC(C)CC(N)=O)C1C=NN=C(c2ccc(CNN)cc2)C1C. The predicted molar refractivity (Wildman–Crippen MR) is 118 cm³/mol. The van der Waals surface area contributed by atoms with Crippen LogP contribution in [0.2, 0.25) is 0 Å². The lowest BCUT2D eigenvalue weighted by Crippen LogP contribution is -2.32. The van der Waals surface area contributed by atoms with Crippen molar-refractivity contribution in [2.45, 2.75) is 60.4 Å². The Kier molecular flexibility index (Phi) is 10.6. The van der Waals surface area contributed by atoms with E-state index in [9.17, 15) is 4.79 Å². The van der Waals surface area contributed by atoms with Gasteiger partial charge in [-0.3, -0.25) is 16.1 Å². The first kappa shape index (κ1) is 24.0. The summed E-state index contributed by atoms with van der Waals surface area (Å²) in [7, 11) is 0. The van der Waals surface area contributed by atoms with Gasteiger partial charge in [0.1, 0.15) is 0 Å². The number of primary amides is 1. The molecule has 2 rings (SSSR count). The number of hydrazine groups is 1. The summed E-state index contributed by atoms with van der Waals surface area (Å²) in [4.78, 5) is 11.2. The second-order valence-electron chi connectivity index (χ2n) is 7.37. The first-order valence-electron chi connectivity index (χ1n) is 10.4. The Hall–Kier alpha value is -2.05. The molecule has 1 aromatic rings. The van der Waals surface area contributed by atoms with Crippen LogP contribution in [0.3, 0.4) is 0 Å². The fraction of sp³-hybridized carbons (Fsp3) is 0.591. The normalized spacial score (nSPS) is 20.6. The fourth-order valence-electron chi connectivity index (χ4n) is 3.88. The van der Waals surface area contributed by atoms with Gasteiger partial charge in [-0.2, -0.15) is 10.2 Å². The van der Waals surface area contributed by atoms with Gasteiger partial charge in [-0.15, -0.1) is 0 Å². The van der Waals surface area contributed by atoms with Gasteiger partial charge in [-0.25, -0.2) is 0 Å². The van der Waals surface area contributed by atoms with Crippen molar-refractivity contribution in [3.8, 4) is 0 Å². The van der Waals surface area contributed by atoms with Gasteiger partial charge in [-0.1, -0.05) is 65.3 Å². The molecule has 4 unspecified atom stereocenters. The first-order valence-corrected chi connectivity index (χ1v) is 10.4. The van der Waals surface area contributed by atoms with Crippen LogP contribution in [0, 0.1) is 23.7 Å². The molecule has 5 N–H and O–H groups in total. The molecule has 4 atom stereocenters. The van der Waals surface area contributed by atoms with Crippen molar-refractivity contribution in [2.75, 3.05) is 0 Å². The van der Waals surface area contributed by atoms with Crippen LogP contribution in [0.1, 0.15) is 65.0 Å². The second-order valence-corrected chi connectivity index (χ2v) is 7.37. The fourth-order valence-corrected chi connectivity index (χ4v) is 3.88. The maximum Gasteiger partial charge on any atom is 0.217 e. The zero-order valence-electron chi connectivity index (χ0n) is 18.0. The number of carbonyl (C=O) groups excluding carboxylic acids is 1. The molecular weight excluding hydrogens is 350 g/mol. The third kappa shape index (κ3) is 6.84. The summed E-state index contributed by atoms with van der Waals surface area (Å²) in [5.41, 5.74) is 11.3. The van der Waals surface area contributed by atoms with E-state index < -0.39 is 0 Å². The van der Waals surface area contributed by atoms with Crippen LogP contribution in [0.5, 0.6) is 0 Å². The quantitative estimate of drug-likeness (QED) is 0.445. The van der Waals surface area contributed by atoms with Crippen molar-refractivity contribution >= 4 is 17.8 Å². The van der Waals surface area contributed by atoms with Crippen LogP contribution in [0.15, 0.2) is 34.5 Å². The number of rotatable bonds is 9. The molecule has 1 aliphatic heterocycles. The van der Waals surface area contributed by atoms with Crippen LogP contribution >= 0.6 is 0 Å². The number of carbonyl (C=O) groups is 1. The highest BCUT2D eigenvalue weighted by molar-refractivity contribution is 6.04. The number of hydrogen-bond acceptors (Lipinski definition) is 5. The number of nitrogens with zero attached hydrogens (tertiary/aromatic N) is 2. The summed E-state index contributed by atoms with van der Waals surface area (Å²) in [6.45, 7) is 11.1. The van der Waals surface area contributed by atoms with E-state index >= 15 is 0 Å². The average Bonchev–Trinajstić information content (AvgIpc) is 2.68. The minimum atomic E-state index is -0.230. The van der Waals surface area contributed by atoms with Crippen molar-refractivity contribution in [3.05, 3.63) is 35.4 Å². The molecule has 0 saturated heterocycles. The molecule has 6 nitrogen and oxygen atoms in total. The van der Waals surface area contributed by atoms with Crippen molar-refractivity contribution < 1.29 is 4.79 Å². The van der Waals surface area contributed by atoms with Crippen LogP contribution < -0.4 is 17.0 Å². The third-order valence-electron chi connectivity index (χ3n) is 5.29. The van der Waals surface area contributed by atoms with E-state index in [1.165, 1.54) is 0 Å². The molecule has 0 bridgehead atoms. The van der Waals surface area contributed by atoms with Gasteiger partial charge in [-0.05, 0) is 29.4 Å². The average molecular weight is 388 g/mol. The van der Waals surface area contributed by atoms with E-state index in [1.54, 1.807) is 0 Å². The third-order valence-corrected chi connectivity index (χ3v) is 5.29. The minimum Gasteiger partial charge on any atom is -0.370 e. The lowest BCUT2D eigenvalue weighted by Gasteiger charge is -2.32. The molecule has 156 valence electrons. The van der Waals surface area contributed by atoms with E-state index in [4.69, 9.17) is 11.6 Å². The molecule has 6 heteroatoms. The van der Waals surface area contributed by atoms with Crippen LogP contribution in [0.25, 0.3) is 0 Å². The molecule has 0 radical (unpaired) electrons. The van der Waals surface area contributed by atoms with Crippen LogP contribution in [-0.4, -0.2) is 17.8 Å². The second kappa shape index (κ2) is 12.4. The standard InChI is InChI=1S/C20H31N5O.C2H6/c1-4-16(9-13(2)10-19(21)26)18-12-24-25-20(14(18)3)17-7-5-15(6-8-17)11-23-22;1-2/h5-8,12-14,16,18,23H,4,9-11,22H2,1-3H3,(H2,21,26);1-2H3. The molecule has 0 aromatic heterocycles. The smallest absolute Gasteiger partial charge is 0.217 e. The highest BCUT2D eigenvalue weighted by atomic mass is 16.1. The van der Waals surface area contributed by atoms with Crippen molar-refractivity contribution in [2.24, 2.45) is 45.5 Å². The zero-order chi connectivity index (χ0) is 21.1. The van der Waals surface area contributed by atoms with Crippen LogP contribution in [-0.2, 0) is 11.3 Å². The Labute approximate surface area is 169 Å². The molecule has 1 aliphatic rings. The number of hydrogen-bond donors (Lipinski definition) is 3. The Morgan fingerprint density at radius 2 is 1.89 bits per heavy atom. The van der Waals surface area contributed by atoms with Gasteiger partial charge in [0.05, 0.1) is 5.71 Å². The lowest BCUT2D eigenvalue weighted by molar-refractivity contribution is -0.118. The molecule has 1 amide bonds. The highest BCUT2D eigenvalue weighted by Crippen LogP contribution is 2.33. The van der Waals surface area contributed by atoms with Gasteiger partial charge in [0.15, 0.2) is 0 Å². The van der Waals surface area contributed by atoms with Gasteiger partial charge in [0.2, 0.25) is 5.91 Å². The molecule has 28 heavy (non-hydrogen) atoms. The maximum atomic E-state index is 11.2. The summed E-state index contributed by atoms with van der Waals surface area (Å²) < 4.78 is 0. The predicted octanol–water partition coefficient (Wildman–Crippen LogP) is 3.64. The summed E-state index contributed by atoms with van der Waals surface area (Å²) in [6.07, 6.45) is 4.42.